The Balaban J connectivity index is 1.47. The van der Waals surface area contributed by atoms with Gasteiger partial charge in [0.2, 0.25) is 15.9 Å². The second-order valence-corrected chi connectivity index (χ2v) is 10.1. The summed E-state index contributed by atoms with van der Waals surface area (Å²) in [6, 6.07) is 14.2. The third kappa shape index (κ3) is 5.13. The molecular weight excluding hydrogens is 458 g/mol. The van der Waals surface area contributed by atoms with Crippen LogP contribution in [0.3, 0.4) is 0 Å². The Morgan fingerprint density at radius 2 is 1.90 bits per heavy atom. The molecule has 0 spiro atoms. The molecule has 0 saturated carbocycles. The highest BCUT2D eigenvalue weighted by atomic mass is 35.5. The molecular formula is C21H20ClN3O4S2. The number of benzene rings is 2. The van der Waals surface area contributed by atoms with Crippen LogP contribution in [0.4, 0.5) is 5.69 Å². The van der Waals surface area contributed by atoms with E-state index in [-0.39, 0.29) is 35.3 Å². The van der Waals surface area contributed by atoms with E-state index >= 15 is 0 Å². The molecule has 162 valence electrons. The number of carbonyl (C=O) groups excluding carboxylic acids is 1. The van der Waals surface area contributed by atoms with E-state index in [4.69, 9.17) is 16.3 Å². The predicted octanol–water partition coefficient (Wildman–Crippen LogP) is 3.67. The predicted molar refractivity (Wildman–Crippen MR) is 121 cm³/mol. The number of amides is 1. The molecule has 0 unspecified atom stereocenters. The number of rotatable bonds is 6. The fourth-order valence-electron chi connectivity index (χ4n) is 3.18. The number of aromatic nitrogens is 1. The largest absolute Gasteiger partial charge is 0.379 e. The SMILES string of the molecule is O=C(Cc1csc(-c2ccccc2)n1)Nc1ccc(Cl)c(S(=O)(=O)N2CCOCC2)c1. The van der Waals surface area contributed by atoms with Crippen molar-refractivity contribution in [1.82, 2.24) is 9.29 Å². The number of anilines is 1. The highest BCUT2D eigenvalue weighted by Crippen LogP contribution is 2.29. The Kier molecular flexibility index (Phi) is 6.68. The number of thiazole rings is 1. The van der Waals surface area contributed by atoms with E-state index in [9.17, 15) is 13.2 Å². The van der Waals surface area contributed by atoms with Crippen molar-refractivity contribution in [3.8, 4) is 10.6 Å². The minimum atomic E-state index is -3.78. The molecule has 0 atom stereocenters. The first-order valence-electron chi connectivity index (χ1n) is 9.60. The number of hydrogen-bond acceptors (Lipinski definition) is 6. The molecule has 7 nitrogen and oxygen atoms in total. The van der Waals surface area contributed by atoms with E-state index in [1.54, 1.807) is 6.07 Å². The smallest absolute Gasteiger partial charge is 0.244 e. The molecule has 0 bridgehead atoms. The minimum absolute atomic E-state index is 0.0334. The second kappa shape index (κ2) is 9.46. The normalized spacial score (nSPS) is 15.0. The number of nitrogens with one attached hydrogen (secondary N) is 1. The van der Waals surface area contributed by atoms with Gasteiger partial charge in [0, 0.05) is 29.7 Å². The average Bonchev–Trinajstić information content (AvgIpc) is 3.24. The summed E-state index contributed by atoms with van der Waals surface area (Å²) in [5, 5.41) is 5.54. The van der Waals surface area contributed by atoms with Crippen LogP contribution in [0.15, 0.2) is 58.8 Å². The number of morpholine rings is 1. The number of nitrogens with zero attached hydrogens (tertiary/aromatic N) is 2. The fourth-order valence-corrected chi connectivity index (χ4v) is 5.91. The zero-order valence-electron chi connectivity index (χ0n) is 16.5. The summed E-state index contributed by atoms with van der Waals surface area (Å²) in [4.78, 5) is 17.0. The first kappa shape index (κ1) is 21.9. The van der Waals surface area contributed by atoms with Crippen molar-refractivity contribution in [2.45, 2.75) is 11.3 Å². The summed E-state index contributed by atoms with van der Waals surface area (Å²) in [6.45, 7) is 1.21. The summed E-state index contributed by atoms with van der Waals surface area (Å²) in [6.07, 6.45) is 0.0809. The summed E-state index contributed by atoms with van der Waals surface area (Å²) >= 11 is 7.64. The molecule has 1 fully saturated rings. The number of sulfonamides is 1. The van der Waals surface area contributed by atoms with Crippen LogP contribution in [0.2, 0.25) is 5.02 Å². The van der Waals surface area contributed by atoms with E-state index in [1.165, 1.54) is 27.8 Å². The van der Waals surface area contributed by atoms with E-state index in [1.807, 2.05) is 35.7 Å². The Bertz CT molecular complexity index is 1180. The van der Waals surface area contributed by atoms with Gasteiger partial charge in [0.05, 0.1) is 30.4 Å². The Labute approximate surface area is 189 Å². The molecule has 31 heavy (non-hydrogen) atoms. The standard InChI is InChI=1S/C21H20ClN3O4S2/c22-18-7-6-16(12-19(18)31(27,28)25-8-10-29-11-9-25)23-20(26)13-17-14-30-21(24-17)15-4-2-1-3-5-15/h1-7,12,14H,8-11,13H2,(H,23,26). The highest BCUT2D eigenvalue weighted by molar-refractivity contribution is 7.89. The van der Waals surface area contributed by atoms with Crippen LogP contribution in [0.25, 0.3) is 10.6 Å². The zero-order valence-corrected chi connectivity index (χ0v) is 18.8. The third-order valence-corrected chi connectivity index (χ3v) is 8.04. The van der Waals surface area contributed by atoms with Crippen molar-refractivity contribution < 1.29 is 17.9 Å². The molecule has 1 aromatic heterocycles. The van der Waals surface area contributed by atoms with Crippen LogP contribution < -0.4 is 5.32 Å². The number of ether oxygens (including phenoxy) is 1. The van der Waals surface area contributed by atoms with Gasteiger partial charge in [-0.05, 0) is 18.2 Å². The first-order chi connectivity index (χ1) is 14.9. The van der Waals surface area contributed by atoms with E-state index < -0.39 is 10.0 Å². The lowest BCUT2D eigenvalue weighted by Gasteiger charge is -2.26. The molecule has 10 heteroatoms. The van der Waals surface area contributed by atoms with E-state index in [0.717, 1.165) is 10.6 Å². The lowest BCUT2D eigenvalue weighted by molar-refractivity contribution is -0.115. The van der Waals surface area contributed by atoms with Gasteiger partial charge in [0.1, 0.15) is 9.90 Å². The highest BCUT2D eigenvalue weighted by Gasteiger charge is 2.28. The number of carbonyl (C=O) groups is 1. The third-order valence-electron chi connectivity index (χ3n) is 4.72. The topological polar surface area (TPSA) is 88.6 Å². The van der Waals surface area contributed by atoms with Gasteiger partial charge in [-0.25, -0.2) is 13.4 Å². The van der Waals surface area contributed by atoms with Gasteiger partial charge in [-0.15, -0.1) is 11.3 Å². The molecule has 0 radical (unpaired) electrons. The van der Waals surface area contributed by atoms with Crippen molar-refractivity contribution in [2.24, 2.45) is 0 Å². The van der Waals surface area contributed by atoms with Crippen LogP contribution in [-0.4, -0.2) is 49.9 Å². The lowest BCUT2D eigenvalue weighted by Crippen LogP contribution is -2.40. The van der Waals surface area contributed by atoms with Gasteiger partial charge in [0.25, 0.3) is 0 Å². The maximum atomic E-state index is 12.9. The summed E-state index contributed by atoms with van der Waals surface area (Å²) in [5.41, 5.74) is 2.01. The number of halogens is 1. The van der Waals surface area contributed by atoms with Crippen LogP contribution in [0.1, 0.15) is 5.69 Å². The maximum absolute atomic E-state index is 12.9. The van der Waals surface area contributed by atoms with Crippen LogP contribution in [0, 0.1) is 0 Å². The maximum Gasteiger partial charge on any atom is 0.244 e. The fraction of sp³-hybridized carbons (Fsp3) is 0.238. The van der Waals surface area contributed by atoms with Crippen molar-refractivity contribution in [3.05, 3.63) is 64.6 Å². The minimum Gasteiger partial charge on any atom is -0.379 e. The second-order valence-electron chi connectivity index (χ2n) is 6.90. The average molecular weight is 478 g/mol. The molecule has 1 saturated heterocycles. The van der Waals surface area contributed by atoms with Crippen molar-refractivity contribution in [3.63, 3.8) is 0 Å². The molecule has 1 N–H and O–H groups in total. The zero-order chi connectivity index (χ0) is 21.8. The van der Waals surface area contributed by atoms with Crippen molar-refractivity contribution in [1.29, 1.82) is 0 Å². The molecule has 2 heterocycles. The van der Waals surface area contributed by atoms with Gasteiger partial charge in [-0.3, -0.25) is 4.79 Å². The summed E-state index contributed by atoms with van der Waals surface area (Å²) in [5.74, 6) is -0.290. The quantitative estimate of drug-likeness (QED) is 0.585. The molecule has 1 amide bonds. The van der Waals surface area contributed by atoms with Gasteiger partial charge in [-0.2, -0.15) is 4.31 Å². The Hall–Kier alpha value is -2.30. The van der Waals surface area contributed by atoms with Crippen molar-refractivity contribution >= 4 is 44.6 Å². The lowest BCUT2D eigenvalue weighted by atomic mass is 10.2. The Morgan fingerprint density at radius 1 is 1.16 bits per heavy atom. The summed E-state index contributed by atoms with van der Waals surface area (Å²) < 4.78 is 32.4. The van der Waals surface area contributed by atoms with Gasteiger partial charge in [0.15, 0.2) is 0 Å². The molecule has 0 aliphatic carbocycles. The van der Waals surface area contributed by atoms with E-state index in [2.05, 4.69) is 10.3 Å². The van der Waals surface area contributed by atoms with Crippen LogP contribution >= 0.6 is 22.9 Å². The molecule has 1 aliphatic heterocycles. The Morgan fingerprint density at radius 3 is 2.65 bits per heavy atom. The monoisotopic (exact) mass is 477 g/mol. The molecule has 3 aromatic rings. The molecule has 1 aliphatic rings. The van der Waals surface area contributed by atoms with Gasteiger partial charge in [-0.1, -0.05) is 41.9 Å². The van der Waals surface area contributed by atoms with Crippen molar-refractivity contribution in [2.75, 3.05) is 31.6 Å². The molecule has 2 aromatic carbocycles. The van der Waals surface area contributed by atoms with Crippen LogP contribution in [-0.2, 0) is 26.0 Å². The first-order valence-corrected chi connectivity index (χ1v) is 12.3. The number of hydrogen-bond donors (Lipinski definition) is 1. The summed E-state index contributed by atoms with van der Waals surface area (Å²) in [7, 11) is -3.78. The van der Waals surface area contributed by atoms with Crippen LogP contribution in [0.5, 0.6) is 0 Å². The van der Waals surface area contributed by atoms with E-state index in [0.29, 0.717) is 24.6 Å². The molecule has 4 rings (SSSR count). The van der Waals surface area contributed by atoms with Gasteiger partial charge >= 0.3 is 0 Å². The van der Waals surface area contributed by atoms with Gasteiger partial charge < -0.3 is 10.1 Å².